The fraction of sp³-hybridized carbons (Fsp3) is 0.429. The van der Waals surface area contributed by atoms with Crippen molar-refractivity contribution in [2.45, 2.75) is 32.5 Å². The van der Waals surface area contributed by atoms with Gasteiger partial charge in [-0.15, -0.1) is 5.10 Å². The van der Waals surface area contributed by atoms with Gasteiger partial charge in [0.1, 0.15) is 5.69 Å². The third-order valence-corrected chi connectivity index (χ3v) is 3.63. The molecule has 1 aliphatic heterocycles. The van der Waals surface area contributed by atoms with Crippen molar-refractivity contribution in [3.8, 4) is 0 Å². The number of nitrogens with two attached hydrogens (primary N) is 1. The Balaban J connectivity index is 1.79. The Bertz CT molecular complexity index is 562. The number of anilines is 1. The standard InChI is InChI=1S/C14H19N5/c1-11-8-12-4-2-3-5-14(12)19(11)10-13-9-18(7-6-15)17-16-13/h2-5,9,11H,6-8,10,15H2,1H3. The van der Waals surface area contributed by atoms with Crippen LogP contribution in [0.1, 0.15) is 18.2 Å². The Hall–Kier alpha value is -1.88. The van der Waals surface area contributed by atoms with Gasteiger partial charge in [-0.25, -0.2) is 0 Å². The van der Waals surface area contributed by atoms with Gasteiger partial charge in [0.25, 0.3) is 0 Å². The van der Waals surface area contributed by atoms with Crippen molar-refractivity contribution < 1.29 is 0 Å². The summed E-state index contributed by atoms with van der Waals surface area (Å²) in [4.78, 5) is 2.39. The molecule has 2 heterocycles. The molecule has 0 radical (unpaired) electrons. The predicted octanol–water partition coefficient (Wildman–Crippen LogP) is 1.19. The van der Waals surface area contributed by atoms with Crippen LogP contribution in [0.3, 0.4) is 0 Å². The molecule has 19 heavy (non-hydrogen) atoms. The summed E-state index contributed by atoms with van der Waals surface area (Å²) in [6, 6.07) is 9.10. The van der Waals surface area contributed by atoms with E-state index in [4.69, 9.17) is 5.73 Å². The second-order valence-corrected chi connectivity index (χ2v) is 5.07. The minimum atomic E-state index is 0.511. The van der Waals surface area contributed by atoms with Crippen LogP contribution < -0.4 is 10.6 Å². The van der Waals surface area contributed by atoms with Gasteiger partial charge in [0.15, 0.2) is 0 Å². The summed E-state index contributed by atoms with van der Waals surface area (Å²) in [7, 11) is 0. The highest BCUT2D eigenvalue weighted by Gasteiger charge is 2.25. The van der Waals surface area contributed by atoms with E-state index in [1.165, 1.54) is 11.3 Å². The maximum Gasteiger partial charge on any atom is 0.102 e. The number of para-hydroxylation sites is 1. The molecular formula is C14H19N5. The van der Waals surface area contributed by atoms with Gasteiger partial charge in [-0.05, 0) is 25.0 Å². The average Bonchev–Trinajstić information content (AvgIpc) is 2.96. The minimum Gasteiger partial charge on any atom is -0.362 e. The van der Waals surface area contributed by atoms with E-state index in [2.05, 4.69) is 46.4 Å². The number of benzene rings is 1. The molecule has 0 saturated carbocycles. The summed E-state index contributed by atoms with van der Waals surface area (Å²) >= 11 is 0. The predicted molar refractivity (Wildman–Crippen MR) is 74.9 cm³/mol. The molecule has 0 amide bonds. The van der Waals surface area contributed by atoms with E-state index in [-0.39, 0.29) is 0 Å². The molecule has 1 aromatic carbocycles. The van der Waals surface area contributed by atoms with Crippen LogP contribution >= 0.6 is 0 Å². The highest BCUT2D eigenvalue weighted by atomic mass is 15.4. The molecule has 100 valence electrons. The zero-order valence-electron chi connectivity index (χ0n) is 11.2. The van der Waals surface area contributed by atoms with Gasteiger partial charge in [-0.1, -0.05) is 23.4 Å². The second kappa shape index (κ2) is 5.01. The molecular weight excluding hydrogens is 238 g/mol. The van der Waals surface area contributed by atoms with Gasteiger partial charge in [0, 0.05) is 18.3 Å². The average molecular weight is 257 g/mol. The lowest BCUT2D eigenvalue weighted by Crippen LogP contribution is -2.28. The van der Waals surface area contributed by atoms with E-state index in [9.17, 15) is 0 Å². The number of hydrogen-bond donors (Lipinski definition) is 1. The van der Waals surface area contributed by atoms with Crippen molar-refractivity contribution in [1.29, 1.82) is 0 Å². The third-order valence-electron chi connectivity index (χ3n) is 3.63. The summed E-state index contributed by atoms with van der Waals surface area (Å²) < 4.78 is 1.81. The minimum absolute atomic E-state index is 0.511. The van der Waals surface area contributed by atoms with Gasteiger partial charge in [0.2, 0.25) is 0 Å². The summed E-state index contributed by atoms with van der Waals surface area (Å²) in [5.41, 5.74) is 9.26. The number of rotatable bonds is 4. The highest BCUT2D eigenvalue weighted by molar-refractivity contribution is 5.59. The molecule has 5 heteroatoms. The van der Waals surface area contributed by atoms with Crippen molar-refractivity contribution in [1.82, 2.24) is 15.0 Å². The number of fused-ring (bicyclic) bond motifs is 1. The van der Waals surface area contributed by atoms with Crippen LogP contribution in [0.5, 0.6) is 0 Å². The normalized spacial score (nSPS) is 17.8. The van der Waals surface area contributed by atoms with Crippen molar-refractivity contribution in [3.63, 3.8) is 0 Å². The lowest BCUT2D eigenvalue weighted by molar-refractivity contribution is 0.598. The van der Waals surface area contributed by atoms with E-state index in [1.807, 2.05) is 10.9 Å². The highest BCUT2D eigenvalue weighted by Crippen LogP contribution is 2.32. The second-order valence-electron chi connectivity index (χ2n) is 5.07. The number of hydrogen-bond acceptors (Lipinski definition) is 4. The fourth-order valence-electron chi connectivity index (χ4n) is 2.70. The number of aromatic nitrogens is 3. The first kappa shape index (κ1) is 12.2. The van der Waals surface area contributed by atoms with E-state index in [1.54, 1.807) is 0 Å². The molecule has 0 saturated heterocycles. The van der Waals surface area contributed by atoms with Crippen LogP contribution in [0.4, 0.5) is 5.69 Å². The summed E-state index contributed by atoms with van der Waals surface area (Å²) in [5, 5.41) is 8.31. The van der Waals surface area contributed by atoms with E-state index in [0.29, 0.717) is 12.6 Å². The van der Waals surface area contributed by atoms with Crippen molar-refractivity contribution in [3.05, 3.63) is 41.7 Å². The Morgan fingerprint density at radius 2 is 2.21 bits per heavy atom. The van der Waals surface area contributed by atoms with Crippen molar-refractivity contribution in [2.24, 2.45) is 5.73 Å². The Labute approximate surface area is 113 Å². The Morgan fingerprint density at radius 1 is 1.37 bits per heavy atom. The van der Waals surface area contributed by atoms with Gasteiger partial charge < -0.3 is 10.6 Å². The molecule has 2 N–H and O–H groups in total. The van der Waals surface area contributed by atoms with Crippen LogP contribution in [0.25, 0.3) is 0 Å². The van der Waals surface area contributed by atoms with E-state index >= 15 is 0 Å². The Morgan fingerprint density at radius 3 is 3.05 bits per heavy atom. The molecule has 5 nitrogen and oxygen atoms in total. The maximum atomic E-state index is 5.52. The Kier molecular flexibility index (Phi) is 3.21. The lowest BCUT2D eigenvalue weighted by Gasteiger charge is -2.23. The first-order chi connectivity index (χ1) is 9.28. The molecule has 1 unspecified atom stereocenters. The molecule has 1 aliphatic rings. The zero-order chi connectivity index (χ0) is 13.2. The SMILES string of the molecule is CC1Cc2ccccc2N1Cc1cn(CCN)nn1. The van der Waals surface area contributed by atoms with Crippen LogP contribution in [0.15, 0.2) is 30.5 Å². The van der Waals surface area contributed by atoms with Gasteiger partial charge in [0.05, 0.1) is 19.3 Å². The summed E-state index contributed by atoms with van der Waals surface area (Å²) in [5.74, 6) is 0. The van der Waals surface area contributed by atoms with Crippen molar-refractivity contribution in [2.75, 3.05) is 11.4 Å². The number of nitrogens with zero attached hydrogens (tertiary/aromatic N) is 4. The largest absolute Gasteiger partial charge is 0.362 e. The van der Waals surface area contributed by atoms with Gasteiger partial charge >= 0.3 is 0 Å². The van der Waals surface area contributed by atoms with Gasteiger partial charge in [-0.3, -0.25) is 4.68 Å². The fourth-order valence-corrected chi connectivity index (χ4v) is 2.70. The van der Waals surface area contributed by atoms with E-state index < -0.39 is 0 Å². The molecule has 1 atom stereocenters. The molecule has 0 spiro atoms. The maximum absolute atomic E-state index is 5.52. The molecule has 1 aromatic heterocycles. The monoisotopic (exact) mass is 257 g/mol. The lowest BCUT2D eigenvalue weighted by atomic mass is 10.1. The molecule has 0 fully saturated rings. The topological polar surface area (TPSA) is 60.0 Å². The zero-order valence-corrected chi connectivity index (χ0v) is 11.2. The molecule has 0 aliphatic carbocycles. The first-order valence-electron chi connectivity index (χ1n) is 6.71. The van der Waals surface area contributed by atoms with Crippen LogP contribution in [0.2, 0.25) is 0 Å². The van der Waals surface area contributed by atoms with Crippen LogP contribution in [-0.4, -0.2) is 27.6 Å². The smallest absolute Gasteiger partial charge is 0.102 e. The van der Waals surface area contributed by atoms with Crippen molar-refractivity contribution >= 4 is 5.69 Å². The summed E-state index contributed by atoms with van der Waals surface area (Å²) in [6.45, 7) is 4.37. The van der Waals surface area contributed by atoms with Crippen LogP contribution in [0, 0.1) is 0 Å². The quantitative estimate of drug-likeness (QED) is 0.893. The van der Waals surface area contributed by atoms with E-state index in [0.717, 1.165) is 25.2 Å². The summed E-state index contributed by atoms with van der Waals surface area (Å²) in [6.07, 6.45) is 3.09. The van der Waals surface area contributed by atoms with Crippen LogP contribution in [-0.2, 0) is 19.5 Å². The first-order valence-corrected chi connectivity index (χ1v) is 6.71. The molecule has 2 aromatic rings. The molecule has 3 rings (SSSR count). The van der Waals surface area contributed by atoms with Gasteiger partial charge in [-0.2, -0.15) is 0 Å². The third kappa shape index (κ3) is 2.33. The molecule has 0 bridgehead atoms.